The zero-order valence-electron chi connectivity index (χ0n) is 12.9. The number of esters is 1. The molecular formula is C16H25N3O2. The van der Waals surface area contributed by atoms with E-state index in [0.717, 1.165) is 24.8 Å². The number of nitrogens with two attached hydrogens (primary N) is 1. The van der Waals surface area contributed by atoms with Crippen LogP contribution in [0.15, 0.2) is 12.3 Å². The summed E-state index contributed by atoms with van der Waals surface area (Å²) in [5.41, 5.74) is 6.44. The molecule has 1 aliphatic carbocycles. The molecule has 0 atom stereocenters. The predicted octanol–water partition coefficient (Wildman–Crippen LogP) is 3.08. The van der Waals surface area contributed by atoms with Crippen molar-refractivity contribution in [3.8, 4) is 0 Å². The zero-order valence-corrected chi connectivity index (χ0v) is 12.9. The molecule has 1 aromatic rings. The summed E-state index contributed by atoms with van der Waals surface area (Å²) in [6.45, 7) is 3.21. The molecule has 0 spiro atoms. The molecule has 1 aliphatic rings. The van der Waals surface area contributed by atoms with Gasteiger partial charge in [0.15, 0.2) is 0 Å². The topological polar surface area (TPSA) is 77.2 Å². The summed E-state index contributed by atoms with van der Waals surface area (Å²) in [5.74, 6) is 1.94. The normalized spacial score (nSPS) is 21.8. The van der Waals surface area contributed by atoms with Crippen LogP contribution in [0.25, 0.3) is 0 Å². The molecule has 0 bridgehead atoms. The van der Waals surface area contributed by atoms with Crippen LogP contribution in [-0.4, -0.2) is 24.6 Å². The third-order valence-electron chi connectivity index (χ3n) is 4.33. The molecule has 1 aromatic heterocycles. The first kappa shape index (κ1) is 15.6. The van der Waals surface area contributed by atoms with E-state index in [0.29, 0.717) is 17.1 Å². The highest BCUT2D eigenvalue weighted by Gasteiger charge is 2.18. The molecule has 0 radical (unpaired) electrons. The quantitative estimate of drug-likeness (QED) is 0.815. The lowest BCUT2D eigenvalue weighted by molar-refractivity contribution is 0.0602. The summed E-state index contributed by atoms with van der Waals surface area (Å²) < 4.78 is 4.71. The van der Waals surface area contributed by atoms with Gasteiger partial charge in [-0.05, 0) is 24.3 Å². The van der Waals surface area contributed by atoms with E-state index in [2.05, 4.69) is 17.2 Å². The Kier molecular flexibility index (Phi) is 5.42. The van der Waals surface area contributed by atoms with Gasteiger partial charge in [0.05, 0.1) is 24.6 Å². The SMILES string of the molecule is COC(=O)c1cc(NCCC2CCC(C)CC2)ncc1N. The second-order valence-electron chi connectivity index (χ2n) is 5.99. The fourth-order valence-corrected chi connectivity index (χ4v) is 2.87. The minimum absolute atomic E-state index is 0.341. The van der Waals surface area contributed by atoms with Crippen molar-refractivity contribution in [2.45, 2.75) is 39.0 Å². The van der Waals surface area contributed by atoms with Crippen molar-refractivity contribution in [1.29, 1.82) is 0 Å². The van der Waals surface area contributed by atoms with Gasteiger partial charge in [-0.2, -0.15) is 0 Å². The van der Waals surface area contributed by atoms with E-state index in [1.165, 1.54) is 39.0 Å². The number of anilines is 2. The second kappa shape index (κ2) is 7.29. The Bertz CT molecular complexity index is 482. The standard InChI is InChI=1S/C16H25N3O2/c1-11-3-5-12(6-4-11)7-8-18-15-9-13(16(20)21-2)14(17)10-19-15/h9-12H,3-8,17H2,1-2H3,(H,18,19). The molecule has 1 fully saturated rings. The number of carbonyl (C=O) groups is 1. The lowest BCUT2D eigenvalue weighted by Gasteiger charge is -2.26. The Morgan fingerprint density at radius 2 is 2.14 bits per heavy atom. The highest BCUT2D eigenvalue weighted by molar-refractivity contribution is 5.95. The number of pyridine rings is 1. The van der Waals surface area contributed by atoms with E-state index in [9.17, 15) is 4.79 Å². The summed E-state index contributed by atoms with van der Waals surface area (Å²) in [5, 5.41) is 3.28. The fraction of sp³-hybridized carbons (Fsp3) is 0.625. The van der Waals surface area contributed by atoms with Crippen molar-refractivity contribution < 1.29 is 9.53 Å². The van der Waals surface area contributed by atoms with Gasteiger partial charge in [0, 0.05) is 6.54 Å². The average Bonchev–Trinajstić information content (AvgIpc) is 2.50. The number of methoxy groups -OCH3 is 1. The maximum atomic E-state index is 11.6. The predicted molar refractivity (Wildman–Crippen MR) is 84.2 cm³/mol. The van der Waals surface area contributed by atoms with Crippen LogP contribution in [0, 0.1) is 11.8 Å². The lowest BCUT2D eigenvalue weighted by Crippen LogP contribution is -2.16. The van der Waals surface area contributed by atoms with Gasteiger partial charge in [-0.3, -0.25) is 0 Å². The molecule has 21 heavy (non-hydrogen) atoms. The molecule has 5 nitrogen and oxygen atoms in total. The van der Waals surface area contributed by atoms with Crippen LogP contribution in [0.4, 0.5) is 11.5 Å². The van der Waals surface area contributed by atoms with Gasteiger partial charge < -0.3 is 15.8 Å². The van der Waals surface area contributed by atoms with Crippen LogP contribution < -0.4 is 11.1 Å². The number of hydrogen-bond donors (Lipinski definition) is 2. The van der Waals surface area contributed by atoms with Crippen molar-refractivity contribution in [2.24, 2.45) is 11.8 Å². The van der Waals surface area contributed by atoms with E-state index in [-0.39, 0.29) is 0 Å². The number of rotatable bonds is 5. The first-order chi connectivity index (χ1) is 10.1. The first-order valence-electron chi connectivity index (χ1n) is 7.68. The Labute approximate surface area is 126 Å². The van der Waals surface area contributed by atoms with Crippen molar-refractivity contribution in [2.75, 3.05) is 24.7 Å². The minimum atomic E-state index is -0.431. The molecule has 0 aliphatic heterocycles. The summed E-state index contributed by atoms with van der Waals surface area (Å²) in [6.07, 6.45) is 7.98. The first-order valence-corrected chi connectivity index (χ1v) is 7.68. The van der Waals surface area contributed by atoms with Gasteiger partial charge >= 0.3 is 5.97 Å². The van der Waals surface area contributed by atoms with Gasteiger partial charge in [-0.1, -0.05) is 32.6 Å². The Morgan fingerprint density at radius 3 is 2.81 bits per heavy atom. The van der Waals surface area contributed by atoms with E-state index < -0.39 is 5.97 Å². The number of hydrogen-bond acceptors (Lipinski definition) is 5. The molecular weight excluding hydrogens is 266 g/mol. The van der Waals surface area contributed by atoms with E-state index in [1.807, 2.05) is 0 Å². The van der Waals surface area contributed by atoms with Gasteiger partial charge in [-0.25, -0.2) is 9.78 Å². The van der Waals surface area contributed by atoms with Crippen molar-refractivity contribution >= 4 is 17.5 Å². The van der Waals surface area contributed by atoms with Crippen molar-refractivity contribution in [1.82, 2.24) is 4.98 Å². The van der Waals surface area contributed by atoms with Crippen molar-refractivity contribution in [3.63, 3.8) is 0 Å². The number of carbonyl (C=O) groups excluding carboxylic acids is 1. The third kappa shape index (κ3) is 4.34. The fourth-order valence-electron chi connectivity index (χ4n) is 2.87. The number of ether oxygens (including phenoxy) is 1. The van der Waals surface area contributed by atoms with Crippen LogP contribution in [0.3, 0.4) is 0 Å². The third-order valence-corrected chi connectivity index (χ3v) is 4.33. The molecule has 0 amide bonds. The van der Waals surface area contributed by atoms with Gasteiger partial charge in [-0.15, -0.1) is 0 Å². The highest BCUT2D eigenvalue weighted by Crippen LogP contribution is 2.30. The molecule has 1 saturated carbocycles. The Balaban J connectivity index is 1.84. The van der Waals surface area contributed by atoms with Gasteiger partial charge in [0.1, 0.15) is 5.82 Å². The highest BCUT2D eigenvalue weighted by atomic mass is 16.5. The maximum absolute atomic E-state index is 11.6. The molecule has 3 N–H and O–H groups in total. The molecule has 1 heterocycles. The molecule has 5 heteroatoms. The number of nitrogen functional groups attached to an aromatic ring is 1. The summed E-state index contributed by atoms with van der Waals surface area (Å²) >= 11 is 0. The van der Waals surface area contributed by atoms with Crippen molar-refractivity contribution in [3.05, 3.63) is 17.8 Å². The minimum Gasteiger partial charge on any atom is -0.465 e. The van der Waals surface area contributed by atoms with Crippen LogP contribution in [0.5, 0.6) is 0 Å². The van der Waals surface area contributed by atoms with Crippen LogP contribution in [0.1, 0.15) is 49.4 Å². The molecule has 0 unspecified atom stereocenters. The maximum Gasteiger partial charge on any atom is 0.340 e. The Morgan fingerprint density at radius 1 is 1.43 bits per heavy atom. The summed E-state index contributed by atoms with van der Waals surface area (Å²) in [7, 11) is 1.35. The number of nitrogens with one attached hydrogen (secondary N) is 1. The van der Waals surface area contributed by atoms with Crippen LogP contribution in [0.2, 0.25) is 0 Å². The average molecular weight is 291 g/mol. The molecule has 0 aromatic carbocycles. The molecule has 116 valence electrons. The molecule has 0 saturated heterocycles. The van der Waals surface area contributed by atoms with Gasteiger partial charge in [0.2, 0.25) is 0 Å². The largest absolute Gasteiger partial charge is 0.465 e. The molecule has 2 rings (SSSR count). The Hall–Kier alpha value is -1.78. The van der Waals surface area contributed by atoms with E-state index in [1.54, 1.807) is 6.07 Å². The van der Waals surface area contributed by atoms with Crippen LogP contribution in [-0.2, 0) is 4.74 Å². The van der Waals surface area contributed by atoms with Gasteiger partial charge in [0.25, 0.3) is 0 Å². The van der Waals surface area contributed by atoms with Crippen LogP contribution >= 0.6 is 0 Å². The summed E-state index contributed by atoms with van der Waals surface area (Å²) in [6, 6.07) is 1.66. The number of nitrogens with zero attached hydrogens (tertiary/aromatic N) is 1. The zero-order chi connectivity index (χ0) is 15.2. The second-order valence-corrected chi connectivity index (χ2v) is 5.99. The monoisotopic (exact) mass is 291 g/mol. The van der Waals surface area contributed by atoms with E-state index in [4.69, 9.17) is 10.5 Å². The summed E-state index contributed by atoms with van der Waals surface area (Å²) in [4.78, 5) is 15.8. The number of aromatic nitrogens is 1. The smallest absolute Gasteiger partial charge is 0.340 e. The van der Waals surface area contributed by atoms with E-state index >= 15 is 0 Å². The lowest BCUT2D eigenvalue weighted by atomic mass is 9.81.